The highest BCUT2D eigenvalue weighted by Crippen LogP contribution is 2.24. The summed E-state index contributed by atoms with van der Waals surface area (Å²) < 4.78 is 28.6. The SMILES string of the molecule is C[C@]1(NC(=O)c2ccc(N3CCOCC3)cc2)CCS(=O)(=O)C1. The van der Waals surface area contributed by atoms with Crippen LogP contribution in [-0.2, 0) is 14.6 Å². The van der Waals surface area contributed by atoms with Crippen LogP contribution in [0, 0.1) is 0 Å². The van der Waals surface area contributed by atoms with E-state index in [4.69, 9.17) is 4.74 Å². The van der Waals surface area contributed by atoms with E-state index in [1.54, 1.807) is 19.1 Å². The summed E-state index contributed by atoms with van der Waals surface area (Å²) in [6, 6.07) is 7.42. The number of ether oxygens (including phenoxy) is 1. The minimum atomic E-state index is -3.04. The highest BCUT2D eigenvalue weighted by Gasteiger charge is 2.39. The number of nitrogens with one attached hydrogen (secondary N) is 1. The molecule has 0 aliphatic carbocycles. The van der Waals surface area contributed by atoms with Gasteiger partial charge in [-0.1, -0.05) is 0 Å². The molecule has 0 aromatic heterocycles. The lowest BCUT2D eigenvalue weighted by atomic mass is 10.0. The summed E-state index contributed by atoms with van der Waals surface area (Å²) in [5, 5.41) is 2.87. The van der Waals surface area contributed by atoms with Crippen LogP contribution in [0.3, 0.4) is 0 Å². The molecule has 2 aliphatic rings. The van der Waals surface area contributed by atoms with Crippen LogP contribution in [0.2, 0.25) is 0 Å². The van der Waals surface area contributed by atoms with Gasteiger partial charge in [0, 0.05) is 24.3 Å². The number of hydrogen-bond acceptors (Lipinski definition) is 5. The first kappa shape index (κ1) is 16.3. The summed E-state index contributed by atoms with van der Waals surface area (Å²) in [6.07, 6.45) is 0.465. The van der Waals surface area contributed by atoms with Gasteiger partial charge in [0.2, 0.25) is 0 Å². The lowest BCUT2D eigenvalue weighted by molar-refractivity contribution is 0.0915. The van der Waals surface area contributed by atoms with Crippen LogP contribution in [-0.4, -0.2) is 57.7 Å². The third-order valence-electron chi connectivity index (χ3n) is 4.42. The zero-order valence-electron chi connectivity index (χ0n) is 13.2. The maximum Gasteiger partial charge on any atom is 0.251 e. The number of morpholine rings is 1. The van der Waals surface area contributed by atoms with Crippen LogP contribution in [0.1, 0.15) is 23.7 Å². The minimum absolute atomic E-state index is 0.0115. The number of sulfone groups is 1. The fraction of sp³-hybridized carbons (Fsp3) is 0.562. The van der Waals surface area contributed by atoms with Crippen molar-refractivity contribution in [2.24, 2.45) is 0 Å². The smallest absolute Gasteiger partial charge is 0.251 e. The van der Waals surface area contributed by atoms with E-state index in [1.807, 2.05) is 12.1 Å². The van der Waals surface area contributed by atoms with Crippen molar-refractivity contribution in [1.29, 1.82) is 0 Å². The summed E-state index contributed by atoms with van der Waals surface area (Å²) in [7, 11) is -3.04. The van der Waals surface area contributed by atoms with Crippen LogP contribution in [0.5, 0.6) is 0 Å². The predicted octanol–water partition coefficient (Wildman–Crippen LogP) is 0.830. The molecule has 0 bridgehead atoms. The number of rotatable bonds is 3. The molecule has 7 heteroatoms. The number of benzene rings is 1. The third-order valence-corrected chi connectivity index (χ3v) is 6.33. The molecule has 1 atom stereocenters. The number of carbonyl (C=O) groups is 1. The Morgan fingerprint density at radius 2 is 1.87 bits per heavy atom. The van der Waals surface area contributed by atoms with Crippen molar-refractivity contribution in [2.45, 2.75) is 18.9 Å². The van der Waals surface area contributed by atoms with E-state index in [2.05, 4.69) is 10.2 Å². The normalized spacial score (nSPS) is 26.9. The molecular weight excluding hydrogens is 316 g/mol. The van der Waals surface area contributed by atoms with Gasteiger partial charge in [-0.05, 0) is 37.6 Å². The summed E-state index contributed by atoms with van der Waals surface area (Å²) in [5.41, 5.74) is 0.950. The van der Waals surface area contributed by atoms with Crippen LogP contribution in [0.4, 0.5) is 5.69 Å². The lowest BCUT2D eigenvalue weighted by Gasteiger charge is -2.29. The molecule has 1 aromatic carbocycles. The van der Waals surface area contributed by atoms with Gasteiger partial charge in [-0.25, -0.2) is 8.42 Å². The second-order valence-corrected chi connectivity index (χ2v) is 8.69. The standard InChI is InChI=1S/C16H22N2O4S/c1-16(6-11-23(20,21)12-16)17-15(19)13-2-4-14(5-3-13)18-7-9-22-10-8-18/h2-5H,6-12H2,1H3,(H,17,19)/t16-/m0/s1. The van der Waals surface area contributed by atoms with E-state index < -0.39 is 15.4 Å². The third kappa shape index (κ3) is 3.84. The molecule has 0 spiro atoms. The number of anilines is 1. The van der Waals surface area contributed by atoms with Gasteiger partial charge in [0.15, 0.2) is 9.84 Å². The minimum Gasteiger partial charge on any atom is -0.378 e. The molecular formula is C16H22N2O4S. The molecule has 0 radical (unpaired) electrons. The maximum atomic E-state index is 12.4. The molecule has 6 nitrogen and oxygen atoms in total. The van der Waals surface area contributed by atoms with Crippen molar-refractivity contribution in [3.63, 3.8) is 0 Å². The van der Waals surface area contributed by atoms with Gasteiger partial charge in [0.25, 0.3) is 5.91 Å². The molecule has 1 aromatic rings. The Morgan fingerprint density at radius 1 is 1.22 bits per heavy atom. The first-order chi connectivity index (χ1) is 10.9. The molecule has 3 rings (SSSR count). The highest BCUT2D eigenvalue weighted by atomic mass is 32.2. The van der Waals surface area contributed by atoms with Gasteiger partial charge < -0.3 is 15.0 Å². The zero-order chi connectivity index (χ0) is 16.5. The van der Waals surface area contributed by atoms with E-state index >= 15 is 0 Å². The lowest BCUT2D eigenvalue weighted by Crippen LogP contribution is -2.46. The number of carbonyl (C=O) groups excluding carboxylic acids is 1. The van der Waals surface area contributed by atoms with Crippen LogP contribution >= 0.6 is 0 Å². The van der Waals surface area contributed by atoms with Crippen molar-refractivity contribution in [2.75, 3.05) is 42.7 Å². The highest BCUT2D eigenvalue weighted by molar-refractivity contribution is 7.91. The Kier molecular flexibility index (Phi) is 4.33. The largest absolute Gasteiger partial charge is 0.378 e. The number of amides is 1. The monoisotopic (exact) mass is 338 g/mol. The Morgan fingerprint density at radius 3 is 2.43 bits per heavy atom. The van der Waals surface area contributed by atoms with Gasteiger partial charge in [0.1, 0.15) is 0 Å². The van der Waals surface area contributed by atoms with Crippen molar-refractivity contribution in [3.05, 3.63) is 29.8 Å². The summed E-state index contributed by atoms with van der Waals surface area (Å²) in [4.78, 5) is 14.6. The molecule has 126 valence electrons. The fourth-order valence-electron chi connectivity index (χ4n) is 3.10. The summed E-state index contributed by atoms with van der Waals surface area (Å²) in [5.74, 6) is -0.0738. The van der Waals surface area contributed by atoms with E-state index in [0.29, 0.717) is 12.0 Å². The van der Waals surface area contributed by atoms with Gasteiger partial charge in [-0.3, -0.25) is 4.79 Å². The van der Waals surface area contributed by atoms with Gasteiger partial charge in [-0.15, -0.1) is 0 Å². The molecule has 2 heterocycles. The van der Waals surface area contributed by atoms with E-state index in [0.717, 1.165) is 32.0 Å². The molecule has 1 amide bonds. The van der Waals surface area contributed by atoms with Crippen molar-refractivity contribution in [1.82, 2.24) is 5.32 Å². The Bertz CT molecular complexity index is 681. The Labute approximate surface area is 136 Å². The predicted molar refractivity (Wildman–Crippen MR) is 88.6 cm³/mol. The van der Waals surface area contributed by atoms with Crippen LogP contribution in [0.25, 0.3) is 0 Å². The second-order valence-electron chi connectivity index (χ2n) is 6.50. The van der Waals surface area contributed by atoms with Crippen molar-refractivity contribution < 1.29 is 17.9 Å². The van der Waals surface area contributed by atoms with Crippen LogP contribution in [0.15, 0.2) is 24.3 Å². The van der Waals surface area contributed by atoms with E-state index in [-0.39, 0.29) is 17.4 Å². The molecule has 2 saturated heterocycles. The van der Waals surface area contributed by atoms with Crippen LogP contribution < -0.4 is 10.2 Å². The molecule has 23 heavy (non-hydrogen) atoms. The van der Waals surface area contributed by atoms with Gasteiger partial charge in [-0.2, -0.15) is 0 Å². The second kappa shape index (κ2) is 6.13. The van der Waals surface area contributed by atoms with Gasteiger partial charge >= 0.3 is 0 Å². The van der Waals surface area contributed by atoms with Crippen molar-refractivity contribution in [3.8, 4) is 0 Å². The molecule has 2 aliphatic heterocycles. The maximum absolute atomic E-state index is 12.4. The average Bonchev–Trinajstić information content (AvgIpc) is 2.81. The quantitative estimate of drug-likeness (QED) is 0.883. The summed E-state index contributed by atoms with van der Waals surface area (Å²) >= 11 is 0. The first-order valence-electron chi connectivity index (χ1n) is 7.83. The average molecular weight is 338 g/mol. The molecule has 0 unspecified atom stereocenters. The molecule has 1 N–H and O–H groups in total. The fourth-order valence-corrected chi connectivity index (χ4v) is 5.19. The van der Waals surface area contributed by atoms with E-state index in [9.17, 15) is 13.2 Å². The van der Waals surface area contributed by atoms with E-state index in [1.165, 1.54) is 0 Å². The summed E-state index contributed by atoms with van der Waals surface area (Å²) in [6.45, 7) is 4.92. The number of nitrogens with zero attached hydrogens (tertiary/aromatic N) is 1. The topological polar surface area (TPSA) is 75.7 Å². The Balaban J connectivity index is 1.66. The molecule has 2 fully saturated rings. The Hall–Kier alpha value is -1.60. The van der Waals surface area contributed by atoms with Crippen molar-refractivity contribution >= 4 is 21.4 Å². The first-order valence-corrected chi connectivity index (χ1v) is 9.65. The van der Waals surface area contributed by atoms with Gasteiger partial charge in [0.05, 0.1) is 30.3 Å². The zero-order valence-corrected chi connectivity index (χ0v) is 14.1. The molecule has 0 saturated carbocycles. The number of hydrogen-bond donors (Lipinski definition) is 1.